The van der Waals surface area contributed by atoms with Crippen molar-refractivity contribution < 1.29 is 9.53 Å². The predicted molar refractivity (Wildman–Crippen MR) is 75.3 cm³/mol. The van der Waals surface area contributed by atoms with E-state index in [1.807, 2.05) is 11.8 Å². The summed E-state index contributed by atoms with van der Waals surface area (Å²) in [5.74, 6) is 0. The second-order valence-electron chi connectivity index (χ2n) is 5.46. The highest BCUT2D eigenvalue weighted by Crippen LogP contribution is 2.11. The molecule has 2 fully saturated rings. The molecule has 1 amide bonds. The van der Waals surface area contributed by atoms with Crippen LogP contribution in [0.3, 0.4) is 0 Å². The molecule has 0 unspecified atom stereocenters. The molecule has 2 aliphatic heterocycles. The maximum atomic E-state index is 11.6. The van der Waals surface area contributed by atoms with E-state index in [1.54, 1.807) is 0 Å². The SMILES string of the molecule is CCOC(=O)N1CCC(NCCN2CCCC2)CC1. The summed E-state index contributed by atoms with van der Waals surface area (Å²) in [5.41, 5.74) is 0. The van der Waals surface area contributed by atoms with Gasteiger partial charge in [-0.1, -0.05) is 0 Å². The fourth-order valence-electron chi connectivity index (χ4n) is 2.91. The average molecular weight is 269 g/mol. The lowest BCUT2D eigenvalue weighted by Gasteiger charge is -2.32. The molecule has 0 aromatic heterocycles. The van der Waals surface area contributed by atoms with E-state index in [2.05, 4.69) is 10.2 Å². The van der Waals surface area contributed by atoms with Gasteiger partial charge >= 0.3 is 6.09 Å². The Labute approximate surface area is 116 Å². The smallest absolute Gasteiger partial charge is 0.409 e. The van der Waals surface area contributed by atoms with E-state index in [-0.39, 0.29) is 6.09 Å². The lowest BCUT2D eigenvalue weighted by molar-refractivity contribution is 0.0949. The zero-order valence-corrected chi connectivity index (χ0v) is 12.1. The zero-order chi connectivity index (χ0) is 13.5. The monoisotopic (exact) mass is 269 g/mol. The number of hydrogen-bond donors (Lipinski definition) is 1. The van der Waals surface area contributed by atoms with Gasteiger partial charge in [-0.05, 0) is 45.7 Å². The number of piperidine rings is 1. The first-order valence-corrected chi connectivity index (χ1v) is 7.67. The third kappa shape index (κ3) is 4.66. The van der Waals surface area contributed by atoms with Crippen LogP contribution in [0.4, 0.5) is 4.79 Å². The second kappa shape index (κ2) is 7.70. The number of hydrogen-bond acceptors (Lipinski definition) is 4. The standard InChI is InChI=1S/C14H27N3O2/c1-2-19-14(18)17-10-5-13(6-11-17)15-7-12-16-8-3-4-9-16/h13,15H,2-12H2,1H3. The van der Waals surface area contributed by atoms with Gasteiger partial charge in [-0.2, -0.15) is 0 Å². The van der Waals surface area contributed by atoms with Gasteiger partial charge in [0.05, 0.1) is 6.61 Å². The van der Waals surface area contributed by atoms with E-state index in [9.17, 15) is 4.79 Å². The summed E-state index contributed by atoms with van der Waals surface area (Å²) in [6, 6.07) is 0.563. The Morgan fingerprint density at radius 3 is 2.53 bits per heavy atom. The summed E-state index contributed by atoms with van der Waals surface area (Å²) in [6.45, 7) is 8.73. The van der Waals surface area contributed by atoms with Gasteiger partial charge in [-0.15, -0.1) is 0 Å². The number of rotatable bonds is 5. The minimum atomic E-state index is -0.155. The summed E-state index contributed by atoms with van der Waals surface area (Å²) in [5, 5.41) is 3.62. The summed E-state index contributed by atoms with van der Waals surface area (Å²) < 4.78 is 5.03. The van der Waals surface area contributed by atoms with Crippen LogP contribution in [0.5, 0.6) is 0 Å². The summed E-state index contributed by atoms with van der Waals surface area (Å²) >= 11 is 0. The van der Waals surface area contributed by atoms with Crippen molar-refractivity contribution in [1.82, 2.24) is 15.1 Å². The van der Waals surface area contributed by atoms with Crippen LogP contribution >= 0.6 is 0 Å². The summed E-state index contributed by atoms with van der Waals surface area (Å²) in [6.07, 6.45) is 4.64. The summed E-state index contributed by atoms with van der Waals surface area (Å²) in [4.78, 5) is 15.9. The third-order valence-electron chi connectivity index (χ3n) is 4.08. The molecule has 0 radical (unpaired) electrons. The molecule has 0 bridgehead atoms. The van der Waals surface area contributed by atoms with Crippen molar-refractivity contribution in [3.05, 3.63) is 0 Å². The topological polar surface area (TPSA) is 44.8 Å². The van der Waals surface area contributed by atoms with Crippen molar-refractivity contribution in [1.29, 1.82) is 0 Å². The average Bonchev–Trinajstić information content (AvgIpc) is 2.93. The third-order valence-corrected chi connectivity index (χ3v) is 4.08. The van der Waals surface area contributed by atoms with Crippen LogP contribution in [0.15, 0.2) is 0 Å². The number of carbonyl (C=O) groups is 1. The lowest BCUT2D eigenvalue weighted by Crippen LogP contribution is -2.46. The summed E-state index contributed by atoms with van der Waals surface area (Å²) in [7, 11) is 0. The van der Waals surface area contributed by atoms with Gasteiger partial charge in [0.25, 0.3) is 0 Å². The Bertz CT molecular complexity index is 272. The van der Waals surface area contributed by atoms with E-state index in [0.29, 0.717) is 12.6 Å². The van der Waals surface area contributed by atoms with Crippen LogP contribution in [0.1, 0.15) is 32.6 Å². The molecule has 2 heterocycles. The van der Waals surface area contributed by atoms with E-state index < -0.39 is 0 Å². The molecule has 1 N–H and O–H groups in total. The van der Waals surface area contributed by atoms with Crippen molar-refractivity contribution in [3.63, 3.8) is 0 Å². The van der Waals surface area contributed by atoms with Crippen LogP contribution in [-0.4, -0.2) is 67.8 Å². The minimum absolute atomic E-state index is 0.155. The Morgan fingerprint density at radius 1 is 1.21 bits per heavy atom. The van der Waals surface area contributed by atoms with Gasteiger partial charge in [0.1, 0.15) is 0 Å². The molecule has 5 heteroatoms. The van der Waals surface area contributed by atoms with Gasteiger partial charge < -0.3 is 19.9 Å². The van der Waals surface area contributed by atoms with Crippen molar-refractivity contribution in [2.24, 2.45) is 0 Å². The van der Waals surface area contributed by atoms with Crippen LogP contribution < -0.4 is 5.32 Å². The molecule has 0 aliphatic carbocycles. The molecule has 2 aliphatic rings. The first-order chi connectivity index (χ1) is 9.29. The first kappa shape index (κ1) is 14.6. The van der Waals surface area contributed by atoms with Crippen molar-refractivity contribution in [2.75, 3.05) is 45.9 Å². The second-order valence-corrected chi connectivity index (χ2v) is 5.46. The largest absolute Gasteiger partial charge is 0.450 e. The molecule has 2 rings (SSSR count). The Balaban J connectivity index is 1.56. The van der Waals surface area contributed by atoms with Gasteiger partial charge in [0.15, 0.2) is 0 Å². The highest BCUT2D eigenvalue weighted by Gasteiger charge is 2.23. The van der Waals surface area contributed by atoms with E-state index in [1.165, 1.54) is 25.9 Å². The zero-order valence-electron chi connectivity index (χ0n) is 12.1. The predicted octanol–water partition coefficient (Wildman–Crippen LogP) is 1.29. The molecular formula is C14H27N3O2. The van der Waals surface area contributed by atoms with Crippen molar-refractivity contribution in [3.8, 4) is 0 Å². The number of carbonyl (C=O) groups excluding carboxylic acids is 1. The molecule has 2 saturated heterocycles. The number of likely N-dealkylation sites (tertiary alicyclic amines) is 2. The van der Waals surface area contributed by atoms with Gasteiger partial charge in [0.2, 0.25) is 0 Å². The fraction of sp³-hybridized carbons (Fsp3) is 0.929. The first-order valence-electron chi connectivity index (χ1n) is 7.67. The highest BCUT2D eigenvalue weighted by atomic mass is 16.6. The van der Waals surface area contributed by atoms with E-state index in [4.69, 9.17) is 4.74 Å². The molecular weight excluding hydrogens is 242 g/mol. The highest BCUT2D eigenvalue weighted by molar-refractivity contribution is 5.67. The number of amides is 1. The van der Waals surface area contributed by atoms with Crippen LogP contribution in [0, 0.1) is 0 Å². The number of nitrogens with one attached hydrogen (secondary N) is 1. The van der Waals surface area contributed by atoms with Crippen LogP contribution in [0.2, 0.25) is 0 Å². The molecule has 0 aromatic rings. The van der Waals surface area contributed by atoms with Gasteiger partial charge in [-0.25, -0.2) is 4.79 Å². The van der Waals surface area contributed by atoms with Gasteiger partial charge in [0, 0.05) is 32.2 Å². The van der Waals surface area contributed by atoms with E-state index >= 15 is 0 Å². The van der Waals surface area contributed by atoms with Crippen molar-refractivity contribution in [2.45, 2.75) is 38.6 Å². The van der Waals surface area contributed by atoms with Gasteiger partial charge in [-0.3, -0.25) is 0 Å². The van der Waals surface area contributed by atoms with E-state index in [0.717, 1.165) is 39.0 Å². The lowest BCUT2D eigenvalue weighted by atomic mass is 10.1. The molecule has 5 nitrogen and oxygen atoms in total. The fourth-order valence-corrected chi connectivity index (χ4v) is 2.91. The maximum Gasteiger partial charge on any atom is 0.409 e. The quantitative estimate of drug-likeness (QED) is 0.817. The number of ether oxygens (including phenoxy) is 1. The maximum absolute atomic E-state index is 11.6. The molecule has 0 atom stereocenters. The molecule has 0 saturated carbocycles. The Hall–Kier alpha value is -0.810. The Morgan fingerprint density at radius 2 is 1.89 bits per heavy atom. The minimum Gasteiger partial charge on any atom is -0.450 e. The van der Waals surface area contributed by atoms with Crippen molar-refractivity contribution >= 4 is 6.09 Å². The molecule has 19 heavy (non-hydrogen) atoms. The number of nitrogens with zero attached hydrogens (tertiary/aromatic N) is 2. The normalized spacial score (nSPS) is 21.8. The molecule has 0 spiro atoms. The molecule has 0 aromatic carbocycles. The Kier molecular flexibility index (Phi) is 5.92. The van der Waals surface area contributed by atoms with Crippen LogP contribution in [-0.2, 0) is 4.74 Å². The molecule has 110 valence electrons. The van der Waals surface area contributed by atoms with Crippen LogP contribution in [0.25, 0.3) is 0 Å².